The van der Waals surface area contributed by atoms with Crippen molar-refractivity contribution in [1.82, 2.24) is 9.97 Å². The molecule has 0 fully saturated rings. The predicted molar refractivity (Wildman–Crippen MR) is 50.0 cm³/mol. The van der Waals surface area contributed by atoms with E-state index in [0.717, 1.165) is 6.33 Å². The van der Waals surface area contributed by atoms with Crippen LogP contribution < -0.4 is 9.47 Å². The molecule has 0 amide bonds. The monoisotopic (exact) mass is 274 g/mol. The van der Waals surface area contributed by atoms with E-state index in [2.05, 4.69) is 19.4 Å². The lowest BCUT2D eigenvalue weighted by atomic mass is 10.4. The minimum absolute atomic E-state index is 0.169. The molecule has 0 radical (unpaired) electrons. The van der Waals surface area contributed by atoms with Gasteiger partial charge in [-0.15, -0.1) is 0 Å². The van der Waals surface area contributed by atoms with Crippen molar-refractivity contribution in [2.24, 2.45) is 0 Å². The first kappa shape index (κ1) is 13.8. The van der Waals surface area contributed by atoms with Gasteiger partial charge in [0, 0.05) is 0 Å². The second-order valence-corrected chi connectivity index (χ2v) is 3.21. The van der Waals surface area contributed by atoms with Crippen LogP contribution >= 0.6 is 11.6 Å². The van der Waals surface area contributed by atoms with Gasteiger partial charge in [-0.1, -0.05) is 11.6 Å². The van der Waals surface area contributed by atoms with E-state index in [-0.39, 0.29) is 10.9 Å². The number of hydrogen-bond acceptors (Lipinski definition) is 4. The minimum Gasteiger partial charge on any atom is -0.489 e. The van der Waals surface area contributed by atoms with E-state index < -0.39 is 24.8 Å². The van der Waals surface area contributed by atoms with Crippen molar-refractivity contribution < 1.29 is 27.0 Å². The highest BCUT2D eigenvalue weighted by Gasteiger charge is 2.42. The molecule has 0 spiro atoms. The van der Waals surface area contributed by atoms with Crippen LogP contribution in [0.4, 0.5) is 17.6 Å². The Morgan fingerprint density at radius 1 is 1.41 bits per heavy atom. The predicted octanol–water partition coefficient (Wildman–Crippen LogP) is 2.42. The molecular formula is C8H7ClF4N2O2. The largest absolute Gasteiger partial charge is 0.489 e. The SMILES string of the molecule is COc1c(Cl)ncnc1OCC(F)(F)C(F)F. The van der Waals surface area contributed by atoms with E-state index in [9.17, 15) is 17.6 Å². The van der Waals surface area contributed by atoms with Gasteiger partial charge in [-0.2, -0.15) is 13.8 Å². The fourth-order valence-corrected chi connectivity index (χ4v) is 1.04. The maximum atomic E-state index is 12.6. The van der Waals surface area contributed by atoms with E-state index in [4.69, 9.17) is 11.6 Å². The van der Waals surface area contributed by atoms with E-state index >= 15 is 0 Å². The third-order valence-electron chi connectivity index (χ3n) is 1.65. The quantitative estimate of drug-likeness (QED) is 0.611. The standard InChI is InChI=1S/C8H7ClF4N2O2/c1-16-4-5(9)14-3-15-6(4)17-2-8(12,13)7(10)11/h3,7H,2H2,1H3. The molecule has 0 unspecified atom stereocenters. The van der Waals surface area contributed by atoms with Crippen LogP contribution in [-0.4, -0.2) is 36.0 Å². The summed E-state index contributed by atoms with van der Waals surface area (Å²) in [5, 5.41) is -0.169. The van der Waals surface area contributed by atoms with Crippen LogP contribution in [0.15, 0.2) is 6.33 Å². The molecule has 0 bridgehead atoms. The van der Waals surface area contributed by atoms with Crippen LogP contribution in [0.2, 0.25) is 5.15 Å². The molecule has 9 heteroatoms. The summed E-state index contributed by atoms with van der Waals surface area (Å²) in [6.07, 6.45) is -2.90. The van der Waals surface area contributed by atoms with Gasteiger partial charge in [-0.05, 0) is 0 Å². The summed E-state index contributed by atoms with van der Waals surface area (Å²) in [4.78, 5) is 6.96. The van der Waals surface area contributed by atoms with Crippen molar-refractivity contribution in [2.75, 3.05) is 13.7 Å². The van der Waals surface area contributed by atoms with Crippen LogP contribution in [0.3, 0.4) is 0 Å². The molecule has 0 aliphatic heterocycles. The van der Waals surface area contributed by atoms with Gasteiger partial charge in [0.15, 0.2) is 11.8 Å². The maximum Gasteiger partial charge on any atom is 0.340 e. The fourth-order valence-electron chi connectivity index (χ4n) is 0.839. The van der Waals surface area contributed by atoms with E-state index in [1.807, 2.05) is 0 Å². The molecule has 0 aliphatic carbocycles. The first-order chi connectivity index (χ1) is 7.88. The lowest BCUT2D eigenvalue weighted by molar-refractivity contribution is -0.148. The molecule has 0 atom stereocenters. The van der Waals surface area contributed by atoms with Crippen molar-refractivity contribution in [2.45, 2.75) is 12.3 Å². The van der Waals surface area contributed by atoms with Crippen molar-refractivity contribution in [3.63, 3.8) is 0 Å². The Hall–Kier alpha value is -1.31. The normalized spacial score (nSPS) is 11.7. The Labute approximate surface area is 98.5 Å². The topological polar surface area (TPSA) is 44.2 Å². The molecule has 0 aliphatic rings. The summed E-state index contributed by atoms with van der Waals surface area (Å²) in [6.45, 7) is -1.53. The fraction of sp³-hybridized carbons (Fsp3) is 0.500. The highest BCUT2D eigenvalue weighted by Crippen LogP contribution is 2.32. The zero-order valence-corrected chi connectivity index (χ0v) is 9.22. The molecule has 1 aromatic heterocycles. The molecule has 0 aromatic carbocycles. The van der Waals surface area contributed by atoms with Crippen LogP contribution in [0, 0.1) is 0 Å². The van der Waals surface area contributed by atoms with Crippen LogP contribution in [0.1, 0.15) is 0 Å². The van der Waals surface area contributed by atoms with Crippen LogP contribution in [0.5, 0.6) is 11.6 Å². The second-order valence-electron chi connectivity index (χ2n) is 2.85. The number of halogens is 5. The summed E-state index contributed by atoms with van der Waals surface area (Å²) >= 11 is 5.55. The van der Waals surface area contributed by atoms with Crippen molar-refractivity contribution in [3.05, 3.63) is 11.5 Å². The molecule has 0 saturated carbocycles. The van der Waals surface area contributed by atoms with Gasteiger partial charge in [0.25, 0.3) is 5.88 Å². The second kappa shape index (κ2) is 5.35. The molecule has 1 rings (SSSR count). The lowest BCUT2D eigenvalue weighted by Crippen LogP contribution is -2.34. The number of nitrogens with zero attached hydrogens (tertiary/aromatic N) is 2. The Kier molecular flexibility index (Phi) is 4.33. The Balaban J connectivity index is 2.79. The molecule has 96 valence electrons. The highest BCUT2D eigenvalue weighted by molar-refractivity contribution is 6.31. The van der Waals surface area contributed by atoms with E-state index in [1.165, 1.54) is 7.11 Å². The highest BCUT2D eigenvalue weighted by atomic mass is 35.5. The third-order valence-corrected chi connectivity index (χ3v) is 1.92. The first-order valence-corrected chi connectivity index (χ1v) is 4.59. The number of ether oxygens (including phenoxy) is 2. The number of aromatic nitrogens is 2. The Bertz CT molecular complexity index is 392. The van der Waals surface area contributed by atoms with Crippen molar-refractivity contribution in [1.29, 1.82) is 0 Å². The average molecular weight is 275 g/mol. The molecule has 4 nitrogen and oxygen atoms in total. The molecule has 0 saturated heterocycles. The van der Waals surface area contributed by atoms with Gasteiger partial charge < -0.3 is 9.47 Å². The number of alkyl halides is 4. The third kappa shape index (κ3) is 3.32. The smallest absolute Gasteiger partial charge is 0.340 e. The zero-order valence-electron chi connectivity index (χ0n) is 8.46. The van der Waals surface area contributed by atoms with Gasteiger partial charge in [0.05, 0.1) is 7.11 Å². The van der Waals surface area contributed by atoms with Crippen LogP contribution in [0.25, 0.3) is 0 Å². The summed E-state index contributed by atoms with van der Waals surface area (Å²) in [7, 11) is 1.18. The van der Waals surface area contributed by atoms with Gasteiger partial charge in [0.2, 0.25) is 5.75 Å². The maximum absolute atomic E-state index is 12.6. The number of hydrogen-bond donors (Lipinski definition) is 0. The summed E-state index contributed by atoms with van der Waals surface area (Å²) in [6, 6.07) is 0. The van der Waals surface area contributed by atoms with Gasteiger partial charge in [-0.25, -0.2) is 13.8 Å². The zero-order chi connectivity index (χ0) is 13.1. The van der Waals surface area contributed by atoms with Gasteiger partial charge in [0.1, 0.15) is 6.33 Å². The summed E-state index contributed by atoms with van der Waals surface area (Å²) < 4.78 is 58.0. The number of rotatable bonds is 5. The van der Waals surface area contributed by atoms with Crippen molar-refractivity contribution >= 4 is 11.6 Å². The van der Waals surface area contributed by atoms with E-state index in [0.29, 0.717) is 0 Å². The van der Waals surface area contributed by atoms with Gasteiger partial charge >= 0.3 is 12.3 Å². The Morgan fingerprint density at radius 3 is 2.59 bits per heavy atom. The summed E-state index contributed by atoms with van der Waals surface area (Å²) in [5.74, 6) is -4.89. The lowest BCUT2D eigenvalue weighted by Gasteiger charge is -2.16. The first-order valence-electron chi connectivity index (χ1n) is 4.21. The minimum atomic E-state index is -4.28. The van der Waals surface area contributed by atoms with E-state index in [1.54, 1.807) is 0 Å². The molecule has 17 heavy (non-hydrogen) atoms. The average Bonchev–Trinajstić information content (AvgIpc) is 2.26. The van der Waals surface area contributed by atoms with Crippen molar-refractivity contribution in [3.8, 4) is 11.6 Å². The molecule has 1 heterocycles. The molecular weight excluding hydrogens is 268 g/mol. The Morgan fingerprint density at radius 2 is 2.06 bits per heavy atom. The molecule has 1 aromatic rings. The molecule has 0 N–H and O–H groups in total. The van der Waals surface area contributed by atoms with Gasteiger partial charge in [-0.3, -0.25) is 0 Å². The summed E-state index contributed by atoms with van der Waals surface area (Å²) in [5.41, 5.74) is 0. The van der Waals surface area contributed by atoms with Crippen LogP contribution in [-0.2, 0) is 0 Å². The number of methoxy groups -OCH3 is 1.